The number of rotatable bonds is 6. The summed E-state index contributed by atoms with van der Waals surface area (Å²) in [5, 5.41) is 8.82. The summed E-state index contributed by atoms with van der Waals surface area (Å²) in [6, 6.07) is 9.25. The van der Waals surface area contributed by atoms with E-state index in [1.165, 1.54) is 0 Å². The van der Waals surface area contributed by atoms with Gasteiger partial charge in [-0.15, -0.1) is 0 Å². The average molecular weight is 217 g/mol. The Morgan fingerprint density at radius 2 is 2.12 bits per heavy atom. The van der Waals surface area contributed by atoms with Crippen LogP contribution in [0.2, 0.25) is 0 Å². The highest BCUT2D eigenvalue weighted by molar-refractivity contribution is 5.42. The molecule has 84 valence electrons. The summed E-state index contributed by atoms with van der Waals surface area (Å²) in [6.07, 6.45) is 3.87. The fourth-order valence-corrected chi connectivity index (χ4v) is 1.14. The summed E-state index contributed by atoms with van der Waals surface area (Å²) in [6.45, 7) is 3.52. The number of ether oxygens (including phenoxy) is 2. The molecule has 0 bridgehead atoms. The van der Waals surface area contributed by atoms with Crippen molar-refractivity contribution in [3.05, 3.63) is 42.0 Å². The van der Waals surface area contributed by atoms with E-state index in [1.807, 2.05) is 31.2 Å². The summed E-state index contributed by atoms with van der Waals surface area (Å²) in [5.74, 6) is 0.611. The highest BCUT2D eigenvalue weighted by atomic mass is 16.5. The number of para-hydroxylation sites is 1. The molecule has 3 nitrogen and oxygen atoms in total. The molecule has 0 N–H and O–H groups in total. The van der Waals surface area contributed by atoms with Gasteiger partial charge in [0, 0.05) is 0 Å². The van der Waals surface area contributed by atoms with Crippen LogP contribution >= 0.6 is 0 Å². The van der Waals surface area contributed by atoms with Gasteiger partial charge in [-0.3, -0.25) is 0 Å². The van der Waals surface area contributed by atoms with E-state index in [4.69, 9.17) is 14.7 Å². The van der Waals surface area contributed by atoms with Gasteiger partial charge >= 0.3 is 0 Å². The molecule has 16 heavy (non-hydrogen) atoms. The third kappa shape index (κ3) is 4.16. The van der Waals surface area contributed by atoms with Crippen LogP contribution in [0.5, 0.6) is 5.75 Å². The smallest absolute Gasteiger partial charge is 0.137 e. The van der Waals surface area contributed by atoms with Crippen molar-refractivity contribution < 1.29 is 9.47 Å². The second-order valence-corrected chi connectivity index (χ2v) is 3.10. The highest BCUT2D eigenvalue weighted by Gasteiger charge is 2.00. The highest BCUT2D eigenvalue weighted by Crippen LogP contribution is 2.15. The first kappa shape index (κ1) is 12.3. The largest absolute Gasteiger partial charge is 0.490 e. The predicted octanol–water partition coefficient (Wildman–Crippen LogP) is 2.53. The predicted molar refractivity (Wildman–Crippen MR) is 62.3 cm³/mol. The maximum Gasteiger partial charge on any atom is 0.137 e. The molecule has 0 saturated carbocycles. The van der Waals surface area contributed by atoms with Crippen molar-refractivity contribution in [1.82, 2.24) is 0 Å². The topological polar surface area (TPSA) is 42.2 Å². The molecular weight excluding hydrogens is 202 g/mol. The molecule has 0 radical (unpaired) electrons. The minimum absolute atomic E-state index is 0.455. The van der Waals surface area contributed by atoms with Crippen LogP contribution in [0.3, 0.4) is 0 Å². The lowest BCUT2D eigenvalue weighted by atomic mass is 10.2. The van der Waals surface area contributed by atoms with E-state index >= 15 is 0 Å². The van der Waals surface area contributed by atoms with Crippen molar-refractivity contribution in [2.24, 2.45) is 0 Å². The maximum absolute atomic E-state index is 8.82. The Hall–Kier alpha value is -1.79. The normalized spacial score (nSPS) is 10.2. The first-order chi connectivity index (χ1) is 7.88. The Balaban J connectivity index is 2.29. The van der Waals surface area contributed by atoms with Gasteiger partial charge in [0.2, 0.25) is 0 Å². The summed E-state index contributed by atoms with van der Waals surface area (Å²) < 4.78 is 10.7. The van der Waals surface area contributed by atoms with Crippen molar-refractivity contribution in [3.63, 3.8) is 0 Å². The van der Waals surface area contributed by atoms with Gasteiger partial charge in [-0.25, -0.2) is 0 Å². The van der Waals surface area contributed by atoms with Crippen molar-refractivity contribution in [2.75, 3.05) is 19.8 Å². The molecule has 0 spiro atoms. The number of allylic oxidation sites excluding steroid dienone is 1. The molecule has 0 heterocycles. The van der Waals surface area contributed by atoms with Crippen LogP contribution in [0.15, 0.2) is 36.4 Å². The summed E-state index contributed by atoms with van der Waals surface area (Å²) in [7, 11) is 0. The van der Waals surface area contributed by atoms with E-state index in [1.54, 1.807) is 12.1 Å². The zero-order valence-corrected chi connectivity index (χ0v) is 9.35. The maximum atomic E-state index is 8.82. The molecule has 0 aliphatic carbocycles. The monoisotopic (exact) mass is 217 g/mol. The van der Waals surface area contributed by atoms with Crippen LogP contribution in [0.4, 0.5) is 0 Å². The van der Waals surface area contributed by atoms with Crippen molar-refractivity contribution in [3.8, 4) is 11.8 Å². The van der Waals surface area contributed by atoms with E-state index in [2.05, 4.69) is 6.07 Å². The second kappa shape index (κ2) is 7.49. The van der Waals surface area contributed by atoms with E-state index in [-0.39, 0.29) is 0 Å². The number of hydrogen-bond acceptors (Lipinski definition) is 3. The van der Waals surface area contributed by atoms with Crippen molar-refractivity contribution in [2.45, 2.75) is 6.92 Å². The van der Waals surface area contributed by atoms with Crippen LogP contribution < -0.4 is 4.74 Å². The molecule has 0 atom stereocenters. The van der Waals surface area contributed by atoms with Crippen molar-refractivity contribution in [1.29, 1.82) is 5.26 Å². The molecule has 0 amide bonds. The second-order valence-electron chi connectivity index (χ2n) is 3.10. The van der Waals surface area contributed by atoms with Gasteiger partial charge in [-0.2, -0.15) is 5.26 Å². The molecule has 1 aromatic rings. The number of nitriles is 1. The third-order valence-electron chi connectivity index (χ3n) is 1.94. The summed E-state index contributed by atoms with van der Waals surface area (Å²) in [4.78, 5) is 0. The summed E-state index contributed by atoms with van der Waals surface area (Å²) in [5.41, 5.74) is 0.552. The molecular formula is C13H15NO2. The standard InChI is InChI=1S/C13H15NO2/c1-2-3-8-15-9-10-16-13-7-5-4-6-12(13)11-14/h2-7H,8-10H2,1H3/b3-2+. The Bertz CT molecular complexity index is 380. The Morgan fingerprint density at radius 1 is 1.31 bits per heavy atom. The molecule has 0 aliphatic rings. The van der Waals surface area contributed by atoms with Gasteiger partial charge in [-0.05, 0) is 19.1 Å². The van der Waals surface area contributed by atoms with E-state index < -0.39 is 0 Å². The molecule has 3 heteroatoms. The fourth-order valence-electron chi connectivity index (χ4n) is 1.14. The Kier molecular flexibility index (Phi) is 5.75. The van der Waals surface area contributed by atoms with Gasteiger partial charge in [0.05, 0.1) is 18.8 Å². The lowest BCUT2D eigenvalue weighted by molar-refractivity contribution is 0.121. The molecule has 1 rings (SSSR count). The molecule has 0 fully saturated rings. The van der Waals surface area contributed by atoms with Crippen LogP contribution in [0.1, 0.15) is 12.5 Å². The molecule has 0 aliphatic heterocycles. The molecule has 0 unspecified atom stereocenters. The molecule has 0 saturated heterocycles. The number of benzene rings is 1. The SMILES string of the molecule is C/C=C/COCCOc1ccccc1C#N. The average Bonchev–Trinajstić information content (AvgIpc) is 2.34. The zero-order chi connectivity index (χ0) is 11.6. The first-order valence-corrected chi connectivity index (χ1v) is 5.19. The van der Waals surface area contributed by atoms with E-state index in [9.17, 15) is 0 Å². The first-order valence-electron chi connectivity index (χ1n) is 5.19. The zero-order valence-electron chi connectivity index (χ0n) is 9.35. The van der Waals surface area contributed by atoms with Crippen LogP contribution in [0, 0.1) is 11.3 Å². The van der Waals surface area contributed by atoms with Gasteiger partial charge in [-0.1, -0.05) is 24.3 Å². The lowest BCUT2D eigenvalue weighted by Gasteiger charge is -2.07. The quantitative estimate of drug-likeness (QED) is 0.543. The van der Waals surface area contributed by atoms with Crippen LogP contribution in [-0.2, 0) is 4.74 Å². The lowest BCUT2D eigenvalue weighted by Crippen LogP contribution is -2.07. The summed E-state index contributed by atoms with van der Waals surface area (Å²) >= 11 is 0. The number of hydrogen-bond donors (Lipinski definition) is 0. The van der Waals surface area contributed by atoms with Gasteiger partial charge in [0.25, 0.3) is 0 Å². The van der Waals surface area contributed by atoms with Gasteiger partial charge in [0.15, 0.2) is 0 Å². The minimum Gasteiger partial charge on any atom is -0.490 e. The Labute approximate surface area is 95.9 Å². The minimum atomic E-state index is 0.455. The van der Waals surface area contributed by atoms with Crippen LogP contribution in [-0.4, -0.2) is 19.8 Å². The van der Waals surface area contributed by atoms with Gasteiger partial charge < -0.3 is 9.47 Å². The van der Waals surface area contributed by atoms with E-state index in [0.717, 1.165) is 0 Å². The van der Waals surface area contributed by atoms with Gasteiger partial charge in [0.1, 0.15) is 18.4 Å². The van der Waals surface area contributed by atoms with Crippen molar-refractivity contribution >= 4 is 0 Å². The van der Waals surface area contributed by atoms with E-state index in [0.29, 0.717) is 31.1 Å². The number of nitrogens with zero attached hydrogens (tertiary/aromatic N) is 1. The van der Waals surface area contributed by atoms with Crippen LogP contribution in [0.25, 0.3) is 0 Å². The Morgan fingerprint density at radius 3 is 2.88 bits per heavy atom. The molecule has 0 aromatic heterocycles. The fraction of sp³-hybridized carbons (Fsp3) is 0.308. The third-order valence-corrected chi connectivity index (χ3v) is 1.94. The molecule has 1 aromatic carbocycles.